The zero-order valence-electron chi connectivity index (χ0n) is 10.5. The molecule has 0 amide bonds. The van der Waals surface area contributed by atoms with Crippen LogP contribution in [0.15, 0.2) is 27.9 Å². The Kier molecular flexibility index (Phi) is 3.57. The zero-order chi connectivity index (χ0) is 13.2. The number of thiazole rings is 1. The Labute approximate surface area is 120 Å². The molecule has 0 fully saturated rings. The number of ether oxygens (including phenoxy) is 1. The number of hydrogen-bond acceptors (Lipinski definition) is 5. The number of nitrogens with zero attached hydrogens (tertiary/aromatic N) is 1. The van der Waals surface area contributed by atoms with E-state index in [0.717, 1.165) is 39.9 Å². The third-order valence-corrected chi connectivity index (χ3v) is 5.07. The first-order valence-electron chi connectivity index (χ1n) is 6.06. The molecule has 0 bridgehead atoms. The van der Waals surface area contributed by atoms with Crippen molar-refractivity contribution < 1.29 is 9.53 Å². The van der Waals surface area contributed by atoms with Crippen molar-refractivity contribution >= 4 is 28.9 Å². The molecule has 0 saturated carbocycles. The summed E-state index contributed by atoms with van der Waals surface area (Å²) in [4.78, 5) is 16.5. The summed E-state index contributed by atoms with van der Waals surface area (Å²) in [6.45, 7) is 2.68. The van der Waals surface area contributed by atoms with Crippen molar-refractivity contribution in [3.8, 4) is 5.75 Å². The summed E-state index contributed by atoms with van der Waals surface area (Å²) in [6.07, 6.45) is 0.898. The molecule has 0 unspecified atom stereocenters. The molecule has 19 heavy (non-hydrogen) atoms. The normalized spacial score (nSPS) is 13.1. The van der Waals surface area contributed by atoms with Crippen molar-refractivity contribution in [3.05, 3.63) is 40.4 Å². The number of aromatic nitrogens is 1. The molecule has 1 aliphatic rings. The molecule has 0 N–H and O–H groups in total. The van der Waals surface area contributed by atoms with E-state index < -0.39 is 0 Å². The van der Waals surface area contributed by atoms with Crippen molar-refractivity contribution in [2.24, 2.45) is 0 Å². The van der Waals surface area contributed by atoms with Crippen LogP contribution < -0.4 is 4.74 Å². The number of carbonyl (C=O) groups excluding carboxylic acids is 1. The molecule has 0 atom stereocenters. The summed E-state index contributed by atoms with van der Waals surface area (Å²) in [5.41, 5.74) is 2.92. The second-order valence-electron chi connectivity index (χ2n) is 4.39. The van der Waals surface area contributed by atoms with Gasteiger partial charge in [0.25, 0.3) is 0 Å². The molecule has 2 heterocycles. The van der Waals surface area contributed by atoms with Gasteiger partial charge in [0.15, 0.2) is 10.1 Å². The van der Waals surface area contributed by atoms with E-state index in [1.165, 1.54) is 11.8 Å². The molecule has 0 aliphatic carbocycles. The molecular weight excluding hydrogens is 278 g/mol. The molecule has 1 aromatic carbocycles. The van der Waals surface area contributed by atoms with Gasteiger partial charge in [-0.1, -0.05) is 11.8 Å². The Morgan fingerprint density at radius 3 is 3.21 bits per heavy atom. The summed E-state index contributed by atoms with van der Waals surface area (Å²) in [7, 11) is 0. The van der Waals surface area contributed by atoms with Gasteiger partial charge in [0.1, 0.15) is 5.75 Å². The largest absolute Gasteiger partial charge is 0.493 e. The lowest BCUT2D eigenvalue weighted by molar-refractivity contribution is 0.102. The van der Waals surface area contributed by atoms with Crippen LogP contribution in [0.3, 0.4) is 0 Å². The van der Waals surface area contributed by atoms with Gasteiger partial charge < -0.3 is 4.74 Å². The molecular formula is C14H13NO2S2. The monoisotopic (exact) mass is 291 g/mol. The average Bonchev–Trinajstić information content (AvgIpc) is 3.03. The van der Waals surface area contributed by atoms with Crippen LogP contribution in [0, 0.1) is 6.92 Å². The van der Waals surface area contributed by atoms with Crippen LogP contribution in [-0.4, -0.2) is 23.1 Å². The molecule has 1 aromatic heterocycles. The minimum Gasteiger partial charge on any atom is -0.493 e. The van der Waals surface area contributed by atoms with Gasteiger partial charge in [-0.05, 0) is 30.7 Å². The molecule has 1 aliphatic heterocycles. The lowest BCUT2D eigenvalue weighted by atomic mass is 10.1. The Morgan fingerprint density at radius 2 is 2.42 bits per heavy atom. The highest BCUT2D eigenvalue weighted by Crippen LogP contribution is 2.27. The van der Waals surface area contributed by atoms with E-state index >= 15 is 0 Å². The molecule has 98 valence electrons. The van der Waals surface area contributed by atoms with E-state index in [1.807, 2.05) is 30.5 Å². The SMILES string of the molecule is Cc1csc(SCC(=O)c2ccc3c(c2)CCO3)n1. The van der Waals surface area contributed by atoms with E-state index in [9.17, 15) is 4.79 Å². The van der Waals surface area contributed by atoms with E-state index in [0.29, 0.717) is 5.75 Å². The van der Waals surface area contributed by atoms with Crippen LogP contribution in [0.25, 0.3) is 0 Å². The zero-order valence-corrected chi connectivity index (χ0v) is 12.1. The number of carbonyl (C=O) groups is 1. The number of benzene rings is 1. The third-order valence-electron chi connectivity index (χ3n) is 2.94. The Morgan fingerprint density at radius 1 is 1.53 bits per heavy atom. The summed E-state index contributed by atoms with van der Waals surface area (Å²) in [5, 5.41) is 2.00. The van der Waals surface area contributed by atoms with Gasteiger partial charge in [0.05, 0.1) is 12.4 Å². The number of aryl methyl sites for hydroxylation is 1. The van der Waals surface area contributed by atoms with E-state index in [4.69, 9.17) is 4.74 Å². The molecule has 0 saturated heterocycles. The first kappa shape index (κ1) is 12.7. The van der Waals surface area contributed by atoms with Crippen molar-refractivity contribution in [2.75, 3.05) is 12.4 Å². The first-order chi connectivity index (χ1) is 9.22. The molecule has 3 nitrogen and oxygen atoms in total. The van der Waals surface area contributed by atoms with Crippen LogP contribution in [0.4, 0.5) is 0 Å². The van der Waals surface area contributed by atoms with Crippen molar-refractivity contribution in [1.29, 1.82) is 0 Å². The summed E-state index contributed by atoms with van der Waals surface area (Å²) in [5.74, 6) is 1.50. The van der Waals surface area contributed by atoms with Gasteiger partial charge >= 0.3 is 0 Å². The van der Waals surface area contributed by atoms with Crippen LogP contribution in [0.1, 0.15) is 21.6 Å². The molecule has 5 heteroatoms. The van der Waals surface area contributed by atoms with Gasteiger partial charge in [-0.3, -0.25) is 4.79 Å². The van der Waals surface area contributed by atoms with Crippen molar-refractivity contribution in [2.45, 2.75) is 17.7 Å². The third kappa shape index (κ3) is 2.82. The van der Waals surface area contributed by atoms with Gasteiger partial charge in [-0.15, -0.1) is 11.3 Å². The predicted octanol–water partition coefficient (Wildman–Crippen LogP) is 3.36. The predicted molar refractivity (Wildman–Crippen MR) is 77.5 cm³/mol. The molecule has 0 spiro atoms. The molecule has 2 aromatic rings. The lowest BCUT2D eigenvalue weighted by Gasteiger charge is -2.02. The highest BCUT2D eigenvalue weighted by molar-refractivity contribution is 8.01. The maximum atomic E-state index is 12.1. The number of fused-ring (bicyclic) bond motifs is 1. The topological polar surface area (TPSA) is 39.2 Å². The molecule has 3 rings (SSSR count). The van der Waals surface area contributed by atoms with Gasteiger partial charge in [-0.2, -0.15) is 0 Å². The minimum absolute atomic E-state index is 0.146. The number of rotatable bonds is 4. The van der Waals surface area contributed by atoms with Crippen LogP contribution >= 0.6 is 23.1 Å². The fourth-order valence-electron chi connectivity index (χ4n) is 1.97. The Hall–Kier alpha value is -1.33. The highest BCUT2D eigenvalue weighted by atomic mass is 32.2. The smallest absolute Gasteiger partial charge is 0.173 e. The summed E-state index contributed by atoms with van der Waals surface area (Å²) < 4.78 is 6.39. The maximum absolute atomic E-state index is 12.1. The van der Waals surface area contributed by atoms with E-state index in [-0.39, 0.29) is 5.78 Å². The second kappa shape index (κ2) is 5.35. The van der Waals surface area contributed by atoms with Crippen LogP contribution in [-0.2, 0) is 6.42 Å². The Bertz CT molecular complexity index is 622. The van der Waals surface area contributed by atoms with Crippen molar-refractivity contribution in [1.82, 2.24) is 4.98 Å². The molecule has 0 radical (unpaired) electrons. The number of thioether (sulfide) groups is 1. The average molecular weight is 291 g/mol. The number of Topliss-reactive ketones (excluding diaryl/α,β-unsaturated/α-hetero) is 1. The van der Waals surface area contributed by atoms with E-state index in [2.05, 4.69) is 4.98 Å². The van der Waals surface area contributed by atoms with Crippen molar-refractivity contribution in [3.63, 3.8) is 0 Å². The second-order valence-corrected chi connectivity index (χ2v) is 6.47. The fourth-order valence-corrected chi connectivity index (χ4v) is 3.71. The van der Waals surface area contributed by atoms with E-state index in [1.54, 1.807) is 11.3 Å². The van der Waals surface area contributed by atoms with Gasteiger partial charge in [0, 0.05) is 23.1 Å². The van der Waals surface area contributed by atoms with Gasteiger partial charge in [-0.25, -0.2) is 4.98 Å². The lowest BCUT2D eigenvalue weighted by Crippen LogP contribution is -2.02. The highest BCUT2D eigenvalue weighted by Gasteiger charge is 2.15. The van der Waals surface area contributed by atoms with Gasteiger partial charge in [0.2, 0.25) is 0 Å². The quantitative estimate of drug-likeness (QED) is 0.639. The summed E-state index contributed by atoms with van der Waals surface area (Å²) in [6, 6.07) is 5.70. The fraction of sp³-hybridized carbons (Fsp3) is 0.286. The van der Waals surface area contributed by atoms with Crippen LogP contribution in [0.5, 0.6) is 5.75 Å². The number of ketones is 1. The maximum Gasteiger partial charge on any atom is 0.173 e. The minimum atomic E-state index is 0.146. The number of hydrogen-bond donors (Lipinski definition) is 0. The first-order valence-corrected chi connectivity index (χ1v) is 7.93. The summed E-state index contributed by atoms with van der Waals surface area (Å²) >= 11 is 3.09. The Balaban J connectivity index is 1.67. The standard InChI is InChI=1S/C14H13NO2S2/c1-9-7-18-14(15-9)19-8-12(16)10-2-3-13-11(6-10)4-5-17-13/h2-3,6-7H,4-5,8H2,1H3. The van der Waals surface area contributed by atoms with Crippen LogP contribution in [0.2, 0.25) is 0 Å².